The van der Waals surface area contributed by atoms with Crippen LogP contribution < -0.4 is 14.6 Å². The number of benzene rings is 1. The number of anilines is 1. The van der Waals surface area contributed by atoms with Gasteiger partial charge in [-0.15, -0.1) is 4.91 Å². The van der Waals surface area contributed by atoms with Crippen molar-refractivity contribution in [1.29, 1.82) is 0 Å². The molecule has 2 aromatic rings. The minimum absolute atomic E-state index is 0.218. The SMILES string of the molecule is CCOc1ccccc1C(=O)N(C)c1[nH+]cc(N=O)s1. The molecule has 0 bridgehead atoms. The predicted molar refractivity (Wildman–Crippen MR) is 76.7 cm³/mol. The van der Waals surface area contributed by atoms with Gasteiger partial charge in [0.15, 0.2) is 0 Å². The molecule has 7 heteroatoms. The zero-order valence-corrected chi connectivity index (χ0v) is 11.9. The summed E-state index contributed by atoms with van der Waals surface area (Å²) in [7, 11) is 1.63. The summed E-state index contributed by atoms with van der Waals surface area (Å²) in [5.74, 6) is 0.321. The van der Waals surface area contributed by atoms with Crippen molar-refractivity contribution >= 4 is 27.4 Å². The van der Waals surface area contributed by atoms with Crippen LogP contribution in [0.2, 0.25) is 0 Å². The number of aromatic amines is 1. The highest BCUT2D eigenvalue weighted by atomic mass is 32.1. The number of nitrogens with zero attached hydrogens (tertiary/aromatic N) is 2. The number of H-pyrrole nitrogens is 1. The first-order valence-corrected chi connectivity index (χ1v) is 6.83. The van der Waals surface area contributed by atoms with E-state index in [-0.39, 0.29) is 10.9 Å². The molecule has 1 aromatic heterocycles. The average Bonchev–Trinajstić information content (AvgIpc) is 2.95. The number of thiazole rings is 1. The van der Waals surface area contributed by atoms with Gasteiger partial charge in [-0.1, -0.05) is 12.1 Å². The van der Waals surface area contributed by atoms with Crippen LogP contribution in [-0.4, -0.2) is 19.6 Å². The Morgan fingerprint density at radius 3 is 2.85 bits per heavy atom. The van der Waals surface area contributed by atoms with Gasteiger partial charge in [0.25, 0.3) is 0 Å². The van der Waals surface area contributed by atoms with Crippen molar-refractivity contribution in [3.8, 4) is 5.75 Å². The molecule has 1 amide bonds. The van der Waals surface area contributed by atoms with Crippen molar-refractivity contribution in [2.75, 3.05) is 18.6 Å². The number of ether oxygens (including phenoxy) is 1. The van der Waals surface area contributed by atoms with Crippen molar-refractivity contribution in [1.82, 2.24) is 0 Å². The Labute approximate surface area is 120 Å². The molecule has 1 aromatic carbocycles. The molecule has 0 aliphatic heterocycles. The Balaban J connectivity index is 2.28. The Morgan fingerprint density at radius 2 is 2.20 bits per heavy atom. The summed E-state index contributed by atoms with van der Waals surface area (Å²) >= 11 is 1.11. The van der Waals surface area contributed by atoms with Gasteiger partial charge >= 0.3 is 11.0 Å². The summed E-state index contributed by atoms with van der Waals surface area (Å²) in [5.41, 5.74) is 0.472. The number of para-hydroxylation sites is 1. The molecule has 1 heterocycles. The van der Waals surface area contributed by atoms with Crippen LogP contribution in [0.3, 0.4) is 0 Å². The molecule has 6 nitrogen and oxygen atoms in total. The maximum Gasteiger partial charge on any atom is 0.345 e. The summed E-state index contributed by atoms with van der Waals surface area (Å²) in [4.78, 5) is 27.2. The molecule has 0 aliphatic carbocycles. The fourth-order valence-electron chi connectivity index (χ4n) is 1.69. The summed E-state index contributed by atoms with van der Waals surface area (Å²) in [6, 6.07) is 7.05. The van der Waals surface area contributed by atoms with Crippen LogP contribution in [0.25, 0.3) is 0 Å². The molecular weight excluding hydrogens is 278 g/mol. The number of carbonyl (C=O) groups excluding carboxylic acids is 1. The molecule has 0 saturated heterocycles. The second-order valence-corrected chi connectivity index (χ2v) is 4.93. The third-order valence-corrected chi connectivity index (χ3v) is 3.62. The van der Waals surface area contributed by atoms with E-state index in [0.29, 0.717) is 23.1 Å². The summed E-state index contributed by atoms with van der Waals surface area (Å²) in [6.07, 6.45) is 1.46. The lowest BCUT2D eigenvalue weighted by Gasteiger charge is -2.10. The molecule has 0 atom stereocenters. The highest BCUT2D eigenvalue weighted by Gasteiger charge is 2.26. The topological polar surface area (TPSA) is 73.1 Å². The molecule has 0 spiro atoms. The van der Waals surface area contributed by atoms with Crippen LogP contribution in [0, 0.1) is 4.91 Å². The van der Waals surface area contributed by atoms with E-state index in [0.717, 1.165) is 11.3 Å². The van der Waals surface area contributed by atoms with Gasteiger partial charge in [-0.2, -0.15) is 4.90 Å². The predicted octanol–water partition coefficient (Wildman–Crippen LogP) is 2.64. The fraction of sp³-hybridized carbons (Fsp3) is 0.231. The van der Waals surface area contributed by atoms with Crippen LogP contribution in [-0.2, 0) is 0 Å². The molecule has 104 valence electrons. The van der Waals surface area contributed by atoms with Crippen molar-refractivity contribution < 1.29 is 14.5 Å². The number of rotatable bonds is 5. The molecule has 1 N–H and O–H groups in total. The normalized spacial score (nSPS) is 10.1. The molecule has 0 saturated carbocycles. The summed E-state index contributed by atoms with van der Waals surface area (Å²) in [5, 5.41) is 3.65. The van der Waals surface area contributed by atoms with E-state index in [2.05, 4.69) is 10.2 Å². The number of hydrogen-bond donors (Lipinski definition) is 0. The van der Waals surface area contributed by atoms with Crippen molar-refractivity contribution in [3.63, 3.8) is 0 Å². The molecule has 2 rings (SSSR count). The Bertz CT molecular complexity index is 627. The van der Waals surface area contributed by atoms with E-state index in [4.69, 9.17) is 4.74 Å². The van der Waals surface area contributed by atoms with E-state index in [1.54, 1.807) is 25.2 Å². The quantitative estimate of drug-likeness (QED) is 0.795. The molecule has 0 radical (unpaired) electrons. The highest BCUT2D eigenvalue weighted by molar-refractivity contribution is 7.18. The number of amides is 1. The Hall–Kier alpha value is -2.28. The van der Waals surface area contributed by atoms with Crippen molar-refractivity contribution in [3.05, 3.63) is 40.9 Å². The third-order valence-electron chi connectivity index (χ3n) is 2.64. The van der Waals surface area contributed by atoms with E-state index in [1.807, 2.05) is 13.0 Å². The number of nitroso groups, excluding NO2 is 1. The maximum absolute atomic E-state index is 12.5. The van der Waals surface area contributed by atoms with E-state index in [9.17, 15) is 9.70 Å². The van der Waals surface area contributed by atoms with Crippen LogP contribution in [0.4, 0.5) is 10.1 Å². The average molecular weight is 292 g/mol. The largest absolute Gasteiger partial charge is 0.493 e. The molecule has 0 unspecified atom stereocenters. The van der Waals surface area contributed by atoms with Crippen molar-refractivity contribution in [2.24, 2.45) is 5.18 Å². The number of hydrogen-bond acceptors (Lipinski definition) is 5. The van der Waals surface area contributed by atoms with Crippen LogP contribution in [0.5, 0.6) is 5.75 Å². The number of nitrogens with one attached hydrogen (secondary N) is 1. The van der Waals surface area contributed by atoms with Gasteiger partial charge < -0.3 is 4.74 Å². The minimum Gasteiger partial charge on any atom is -0.493 e. The Kier molecular flexibility index (Phi) is 4.41. The van der Waals surface area contributed by atoms with Gasteiger partial charge in [0.2, 0.25) is 5.00 Å². The zero-order valence-electron chi connectivity index (χ0n) is 11.1. The van der Waals surface area contributed by atoms with Gasteiger partial charge in [-0.05, 0) is 35.6 Å². The smallest absolute Gasteiger partial charge is 0.345 e. The summed E-state index contributed by atoms with van der Waals surface area (Å²) in [6.45, 7) is 2.35. The zero-order chi connectivity index (χ0) is 14.5. The minimum atomic E-state index is -0.218. The third kappa shape index (κ3) is 2.83. The van der Waals surface area contributed by atoms with Crippen LogP contribution in [0.1, 0.15) is 17.3 Å². The summed E-state index contributed by atoms with van der Waals surface area (Å²) < 4.78 is 5.45. The molecule has 20 heavy (non-hydrogen) atoms. The lowest BCUT2D eigenvalue weighted by atomic mass is 10.2. The van der Waals surface area contributed by atoms with E-state index < -0.39 is 0 Å². The second-order valence-electron chi connectivity index (χ2n) is 3.92. The first-order valence-electron chi connectivity index (χ1n) is 6.02. The van der Waals surface area contributed by atoms with Gasteiger partial charge in [0.05, 0.1) is 13.7 Å². The molecule has 0 fully saturated rings. The molecular formula is C13H14N3O3S+. The van der Waals surface area contributed by atoms with Crippen molar-refractivity contribution in [2.45, 2.75) is 6.92 Å². The first-order chi connectivity index (χ1) is 9.67. The lowest BCUT2D eigenvalue weighted by molar-refractivity contribution is -0.355. The Morgan fingerprint density at radius 1 is 1.45 bits per heavy atom. The standard InChI is InChI=1S/C13H13N3O3S/c1-3-19-10-7-5-4-6-9(10)12(17)16(2)13-14-8-11(15-18)20-13/h4-8H,3H2,1-2H3/p+1. The van der Waals surface area contributed by atoms with E-state index in [1.165, 1.54) is 11.1 Å². The highest BCUT2D eigenvalue weighted by Crippen LogP contribution is 2.27. The van der Waals surface area contributed by atoms with Crippen LogP contribution >= 0.6 is 11.3 Å². The van der Waals surface area contributed by atoms with Gasteiger partial charge in [-0.25, -0.2) is 9.78 Å². The monoisotopic (exact) mass is 292 g/mol. The van der Waals surface area contributed by atoms with Crippen LogP contribution in [0.15, 0.2) is 35.6 Å². The maximum atomic E-state index is 12.5. The second kappa shape index (κ2) is 6.25. The van der Waals surface area contributed by atoms with Gasteiger partial charge in [0.1, 0.15) is 17.5 Å². The number of aromatic nitrogens is 1. The van der Waals surface area contributed by atoms with Gasteiger partial charge in [-0.3, -0.25) is 0 Å². The first kappa shape index (κ1) is 14.1. The fourth-order valence-corrected chi connectivity index (χ4v) is 2.38. The molecule has 0 aliphatic rings. The number of carbonyl (C=O) groups is 1. The van der Waals surface area contributed by atoms with Gasteiger partial charge in [0, 0.05) is 0 Å². The van der Waals surface area contributed by atoms with E-state index >= 15 is 0 Å². The lowest BCUT2D eigenvalue weighted by Crippen LogP contribution is -2.29.